The molecule has 0 rings (SSSR count). The predicted octanol–water partition coefficient (Wildman–Crippen LogP) is -0.688. The molecule has 0 radical (unpaired) electrons. The normalized spacial score (nSPS) is 18.2. The first-order valence-corrected chi connectivity index (χ1v) is 4.73. The topological polar surface area (TPSA) is 84.9 Å². The summed E-state index contributed by atoms with van der Waals surface area (Å²) in [5.74, 6) is 0.0420. The van der Waals surface area contributed by atoms with Crippen molar-refractivity contribution in [3.63, 3.8) is 0 Å². The molecular weight excluding hydrogens is 186 g/mol. The standard InChI is InChI=1S/C9H21NO4/c1-6(2)8(12)7(10)9(13-3)14-5-4-11/h6-9,11-12H,4-5,10H2,1-3H3/t7?,8-,9-/m1/s1. The minimum Gasteiger partial charge on any atom is -0.394 e. The molecule has 0 aliphatic rings. The molecule has 86 valence electrons. The van der Waals surface area contributed by atoms with Crippen LogP contribution in [0.2, 0.25) is 0 Å². The van der Waals surface area contributed by atoms with Crippen LogP contribution in [-0.2, 0) is 9.47 Å². The minimum atomic E-state index is -0.682. The third-order valence-corrected chi connectivity index (χ3v) is 2.00. The molecule has 0 spiro atoms. The monoisotopic (exact) mass is 207 g/mol. The Hall–Kier alpha value is -0.200. The van der Waals surface area contributed by atoms with Crippen molar-refractivity contribution in [3.05, 3.63) is 0 Å². The average molecular weight is 207 g/mol. The van der Waals surface area contributed by atoms with E-state index >= 15 is 0 Å². The molecule has 5 heteroatoms. The summed E-state index contributed by atoms with van der Waals surface area (Å²) >= 11 is 0. The van der Waals surface area contributed by atoms with E-state index in [0.717, 1.165) is 0 Å². The molecule has 1 unspecified atom stereocenters. The van der Waals surface area contributed by atoms with Crippen molar-refractivity contribution < 1.29 is 19.7 Å². The molecule has 0 amide bonds. The van der Waals surface area contributed by atoms with Crippen LogP contribution >= 0.6 is 0 Å². The van der Waals surface area contributed by atoms with E-state index in [0.29, 0.717) is 0 Å². The number of hydrogen-bond donors (Lipinski definition) is 3. The molecule has 0 aliphatic heterocycles. The van der Waals surface area contributed by atoms with Gasteiger partial charge >= 0.3 is 0 Å². The second-order valence-corrected chi connectivity index (χ2v) is 3.51. The number of nitrogens with two attached hydrogens (primary N) is 1. The van der Waals surface area contributed by atoms with Gasteiger partial charge in [0.15, 0.2) is 6.29 Å². The Morgan fingerprint density at radius 1 is 1.36 bits per heavy atom. The Labute approximate surface area is 84.8 Å². The number of hydrogen-bond acceptors (Lipinski definition) is 5. The maximum Gasteiger partial charge on any atom is 0.174 e. The lowest BCUT2D eigenvalue weighted by Crippen LogP contribution is -2.49. The predicted molar refractivity (Wildman–Crippen MR) is 52.7 cm³/mol. The lowest BCUT2D eigenvalue weighted by molar-refractivity contribution is -0.161. The van der Waals surface area contributed by atoms with Gasteiger partial charge in [-0.05, 0) is 5.92 Å². The van der Waals surface area contributed by atoms with Gasteiger partial charge in [-0.15, -0.1) is 0 Å². The molecule has 0 saturated heterocycles. The van der Waals surface area contributed by atoms with Crippen molar-refractivity contribution in [3.8, 4) is 0 Å². The van der Waals surface area contributed by atoms with Crippen LogP contribution in [-0.4, -0.2) is 49.0 Å². The molecule has 0 aromatic heterocycles. The average Bonchev–Trinajstić information content (AvgIpc) is 2.17. The Bertz CT molecular complexity index is 143. The van der Waals surface area contributed by atoms with E-state index in [1.54, 1.807) is 0 Å². The zero-order chi connectivity index (χ0) is 11.1. The number of aliphatic hydroxyl groups excluding tert-OH is 2. The van der Waals surface area contributed by atoms with Crippen LogP contribution in [0.15, 0.2) is 0 Å². The van der Waals surface area contributed by atoms with Gasteiger partial charge in [-0.1, -0.05) is 13.8 Å². The van der Waals surface area contributed by atoms with Crippen molar-refractivity contribution in [2.75, 3.05) is 20.3 Å². The van der Waals surface area contributed by atoms with Crippen molar-refractivity contribution >= 4 is 0 Å². The summed E-state index contributed by atoms with van der Waals surface area (Å²) in [6.07, 6.45) is -1.36. The molecule has 0 saturated carbocycles. The van der Waals surface area contributed by atoms with E-state index in [1.165, 1.54) is 7.11 Å². The molecule has 0 heterocycles. The molecule has 0 bridgehead atoms. The SMILES string of the molecule is CO[C@H](OCCO)C(N)[C@H](O)C(C)C. The third-order valence-electron chi connectivity index (χ3n) is 2.00. The fourth-order valence-electron chi connectivity index (χ4n) is 1.11. The summed E-state index contributed by atoms with van der Waals surface area (Å²) in [7, 11) is 1.45. The first kappa shape index (κ1) is 13.8. The third kappa shape index (κ3) is 4.34. The summed E-state index contributed by atoms with van der Waals surface area (Å²) in [5.41, 5.74) is 5.73. The molecule has 0 aromatic carbocycles. The lowest BCUT2D eigenvalue weighted by Gasteiger charge is -2.28. The molecular formula is C9H21NO4. The molecule has 0 fully saturated rings. The van der Waals surface area contributed by atoms with Crippen LogP contribution in [0, 0.1) is 5.92 Å². The number of ether oxygens (including phenoxy) is 2. The Kier molecular flexibility index (Phi) is 7.04. The van der Waals surface area contributed by atoms with Crippen LogP contribution in [0.25, 0.3) is 0 Å². The van der Waals surface area contributed by atoms with Crippen molar-refractivity contribution in [2.45, 2.75) is 32.3 Å². The number of methoxy groups -OCH3 is 1. The van der Waals surface area contributed by atoms with Gasteiger partial charge in [0.05, 0.1) is 25.4 Å². The van der Waals surface area contributed by atoms with Crippen LogP contribution in [0.5, 0.6) is 0 Å². The maximum absolute atomic E-state index is 9.65. The highest BCUT2D eigenvalue weighted by Gasteiger charge is 2.27. The van der Waals surface area contributed by atoms with Crippen LogP contribution in [0.4, 0.5) is 0 Å². The van der Waals surface area contributed by atoms with Gasteiger partial charge < -0.3 is 25.4 Å². The van der Waals surface area contributed by atoms with E-state index in [-0.39, 0.29) is 19.1 Å². The van der Waals surface area contributed by atoms with Gasteiger partial charge in [0.2, 0.25) is 0 Å². The highest BCUT2D eigenvalue weighted by atomic mass is 16.7. The highest BCUT2D eigenvalue weighted by molar-refractivity contribution is 4.77. The minimum absolute atomic E-state index is 0.0420. The zero-order valence-corrected chi connectivity index (χ0v) is 9.01. The molecule has 4 N–H and O–H groups in total. The fraction of sp³-hybridized carbons (Fsp3) is 1.00. The van der Waals surface area contributed by atoms with Gasteiger partial charge in [-0.25, -0.2) is 0 Å². The van der Waals surface area contributed by atoms with E-state index in [9.17, 15) is 5.11 Å². The fourth-order valence-corrected chi connectivity index (χ4v) is 1.11. The molecule has 3 atom stereocenters. The first-order valence-electron chi connectivity index (χ1n) is 4.73. The molecule has 0 aromatic rings. The summed E-state index contributed by atoms with van der Waals surface area (Å²) in [4.78, 5) is 0. The largest absolute Gasteiger partial charge is 0.394 e. The van der Waals surface area contributed by atoms with E-state index in [4.69, 9.17) is 20.3 Å². The van der Waals surface area contributed by atoms with Gasteiger partial charge in [0, 0.05) is 7.11 Å². The van der Waals surface area contributed by atoms with Crippen LogP contribution in [0.3, 0.4) is 0 Å². The number of rotatable bonds is 7. The van der Waals surface area contributed by atoms with E-state index in [2.05, 4.69) is 0 Å². The van der Waals surface area contributed by atoms with E-state index in [1.807, 2.05) is 13.8 Å². The summed E-state index contributed by atoms with van der Waals surface area (Å²) in [5, 5.41) is 18.2. The lowest BCUT2D eigenvalue weighted by atomic mass is 10.00. The molecule has 0 aliphatic carbocycles. The smallest absolute Gasteiger partial charge is 0.174 e. The number of aliphatic hydroxyl groups is 2. The van der Waals surface area contributed by atoms with Gasteiger partial charge in [-0.2, -0.15) is 0 Å². The van der Waals surface area contributed by atoms with Gasteiger partial charge in [0.25, 0.3) is 0 Å². The molecule has 5 nitrogen and oxygen atoms in total. The summed E-state index contributed by atoms with van der Waals surface area (Å²) in [6.45, 7) is 3.79. The maximum atomic E-state index is 9.65. The van der Waals surface area contributed by atoms with Crippen molar-refractivity contribution in [1.82, 2.24) is 0 Å². The van der Waals surface area contributed by atoms with Gasteiger partial charge in [-0.3, -0.25) is 0 Å². The molecule has 14 heavy (non-hydrogen) atoms. The van der Waals surface area contributed by atoms with Crippen molar-refractivity contribution in [1.29, 1.82) is 0 Å². The summed E-state index contributed by atoms with van der Waals surface area (Å²) in [6, 6.07) is -0.605. The highest BCUT2D eigenvalue weighted by Crippen LogP contribution is 2.10. The first-order chi connectivity index (χ1) is 6.54. The van der Waals surface area contributed by atoms with E-state index < -0.39 is 18.4 Å². The zero-order valence-electron chi connectivity index (χ0n) is 9.01. The van der Waals surface area contributed by atoms with Crippen molar-refractivity contribution in [2.24, 2.45) is 11.7 Å². The van der Waals surface area contributed by atoms with Crippen LogP contribution < -0.4 is 5.73 Å². The summed E-state index contributed by atoms with van der Waals surface area (Å²) < 4.78 is 10.1. The second-order valence-electron chi connectivity index (χ2n) is 3.51. The Morgan fingerprint density at radius 2 is 1.93 bits per heavy atom. The second kappa shape index (κ2) is 7.14. The quantitative estimate of drug-likeness (QED) is 0.481. The van der Waals surface area contributed by atoms with Gasteiger partial charge in [0.1, 0.15) is 0 Å². The Balaban J connectivity index is 4.08. The Morgan fingerprint density at radius 3 is 2.29 bits per heavy atom. The van der Waals surface area contributed by atoms with Crippen LogP contribution in [0.1, 0.15) is 13.8 Å².